The molecule has 1 aliphatic rings. The van der Waals surface area contributed by atoms with Crippen molar-refractivity contribution < 1.29 is 4.79 Å². The third-order valence-electron chi connectivity index (χ3n) is 4.02. The summed E-state index contributed by atoms with van der Waals surface area (Å²) in [6, 6.07) is 6.40. The van der Waals surface area contributed by atoms with Gasteiger partial charge >= 0.3 is 0 Å². The summed E-state index contributed by atoms with van der Waals surface area (Å²) in [5, 5.41) is 3.10. The zero-order valence-electron chi connectivity index (χ0n) is 12.6. The number of carbonyl (C=O) groups is 1. The van der Waals surface area contributed by atoms with Crippen molar-refractivity contribution in [3.8, 4) is 0 Å². The molecule has 0 radical (unpaired) electrons. The SMILES string of the molecule is Cc1ccc(C)c(SCC(=O)NCC2CCCCC2)c1. The third-order valence-corrected chi connectivity index (χ3v) is 5.17. The minimum Gasteiger partial charge on any atom is -0.355 e. The van der Waals surface area contributed by atoms with E-state index in [1.54, 1.807) is 11.8 Å². The first-order valence-electron chi connectivity index (χ1n) is 7.62. The van der Waals surface area contributed by atoms with Gasteiger partial charge in [-0.2, -0.15) is 0 Å². The number of hydrogen-bond acceptors (Lipinski definition) is 2. The van der Waals surface area contributed by atoms with E-state index in [4.69, 9.17) is 0 Å². The molecule has 1 aliphatic carbocycles. The molecular formula is C17H25NOS. The van der Waals surface area contributed by atoms with Crippen LogP contribution < -0.4 is 5.32 Å². The summed E-state index contributed by atoms with van der Waals surface area (Å²) in [6.07, 6.45) is 6.59. The van der Waals surface area contributed by atoms with Gasteiger partial charge in [-0.1, -0.05) is 37.0 Å². The second-order valence-corrected chi connectivity index (χ2v) is 6.88. The smallest absolute Gasteiger partial charge is 0.230 e. The maximum atomic E-state index is 11.9. The molecule has 1 aromatic carbocycles. The van der Waals surface area contributed by atoms with Crippen molar-refractivity contribution in [3.05, 3.63) is 29.3 Å². The predicted octanol–water partition coefficient (Wildman–Crippen LogP) is 4.09. The molecule has 0 saturated heterocycles. The van der Waals surface area contributed by atoms with Gasteiger partial charge in [-0.25, -0.2) is 0 Å². The van der Waals surface area contributed by atoms with Crippen LogP contribution in [-0.4, -0.2) is 18.2 Å². The molecule has 0 bridgehead atoms. The highest BCUT2D eigenvalue weighted by Gasteiger charge is 2.14. The Hall–Kier alpha value is -0.960. The third kappa shape index (κ3) is 4.86. The molecule has 0 spiro atoms. The van der Waals surface area contributed by atoms with Gasteiger partial charge < -0.3 is 5.32 Å². The molecule has 1 N–H and O–H groups in total. The van der Waals surface area contributed by atoms with E-state index in [0.29, 0.717) is 11.7 Å². The average molecular weight is 291 g/mol. The fourth-order valence-electron chi connectivity index (χ4n) is 2.71. The Labute approximate surface area is 126 Å². The van der Waals surface area contributed by atoms with Gasteiger partial charge in [0.25, 0.3) is 0 Å². The van der Waals surface area contributed by atoms with Crippen molar-refractivity contribution in [1.29, 1.82) is 0 Å². The van der Waals surface area contributed by atoms with Crippen molar-refractivity contribution in [2.75, 3.05) is 12.3 Å². The Morgan fingerprint density at radius 2 is 2.00 bits per heavy atom. The Morgan fingerprint density at radius 1 is 1.25 bits per heavy atom. The van der Waals surface area contributed by atoms with Crippen molar-refractivity contribution >= 4 is 17.7 Å². The quantitative estimate of drug-likeness (QED) is 0.828. The lowest BCUT2D eigenvalue weighted by atomic mass is 9.89. The summed E-state index contributed by atoms with van der Waals surface area (Å²) >= 11 is 1.64. The number of hydrogen-bond donors (Lipinski definition) is 1. The van der Waals surface area contributed by atoms with Crippen LogP contribution in [0, 0.1) is 19.8 Å². The van der Waals surface area contributed by atoms with E-state index in [2.05, 4.69) is 37.4 Å². The first kappa shape index (κ1) is 15.4. The van der Waals surface area contributed by atoms with Crippen LogP contribution in [0.2, 0.25) is 0 Å². The largest absolute Gasteiger partial charge is 0.355 e. The Balaban J connectivity index is 1.73. The normalized spacial score (nSPS) is 16.1. The standard InChI is InChI=1S/C17H25NOS/c1-13-8-9-14(2)16(10-13)20-12-17(19)18-11-15-6-4-3-5-7-15/h8-10,15H,3-7,11-12H2,1-2H3,(H,18,19). The first-order valence-corrected chi connectivity index (χ1v) is 8.60. The summed E-state index contributed by atoms with van der Waals surface area (Å²) < 4.78 is 0. The van der Waals surface area contributed by atoms with Gasteiger partial charge in [-0.15, -0.1) is 11.8 Å². The average Bonchev–Trinajstić information content (AvgIpc) is 2.47. The van der Waals surface area contributed by atoms with Crippen LogP contribution in [0.25, 0.3) is 0 Å². The highest BCUT2D eigenvalue weighted by molar-refractivity contribution is 8.00. The molecule has 1 aromatic rings. The monoisotopic (exact) mass is 291 g/mol. The fraction of sp³-hybridized carbons (Fsp3) is 0.588. The zero-order valence-corrected chi connectivity index (χ0v) is 13.4. The Morgan fingerprint density at radius 3 is 2.75 bits per heavy atom. The molecule has 0 unspecified atom stereocenters. The number of aryl methyl sites for hydroxylation is 2. The molecule has 0 aromatic heterocycles. The summed E-state index contributed by atoms with van der Waals surface area (Å²) in [4.78, 5) is 13.1. The lowest BCUT2D eigenvalue weighted by Crippen LogP contribution is -2.31. The van der Waals surface area contributed by atoms with E-state index in [1.165, 1.54) is 48.1 Å². The number of nitrogens with one attached hydrogen (secondary N) is 1. The van der Waals surface area contributed by atoms with E-state index < -0.39 is 0 Å². The van der Waals surface area contributed by atoms with Crippen LogP contribution in [0.3, 0.4) is 0 Å². The molecule has 1 fully saturated rings. The molecule has 0 atom stereocenters. The van der Waals surface area contributed by atoms with E-state index in [9.17, 15) is 4.79 Å². The fourth-order valence-corrected chi connectivity index (χ4v) is 3.66. The van der Waals surface area contributed by atoms with Crippen molar-refractivity contribution in [2.45, 2.75) is 50.8 Å². The van der Waals surface area contributed by atoms with E-state index in [0.717, 1.165) is 6.54 Å². The number of benzene rings is 1. The van der Waals surface area contributed by atoms with Gasteiger partial charge in [-0.05, 0) is 44.2 Å². The van der Waals surface area contributed by atoms with Gasteiger partial charge in [0, 0.05) is 11.4 Å². The van der Waals surface area contributed by atoms with Crippen LogP contribution in [0.5, 0.6) is 0 Å². The highest BCUT2D eigenvalue weighted by Crippen LogP contribution is 2.24. The minimum atomic E-state index is 0.168. The highest BCUT2D eigenvalue weighted by atomic mass is 32.2. The lowest BCUT2D eigenvalue weighted by Gasteiger charge is -2.21. The first-order chi connectivity index (χ1) is 9.65. The van der Waals surface area contributed by atoms with Gasteiger partial charge in [0.2, 0.25) is 5.91 Å². The lowest BCUT2D eigenvalue weighted by molar-refractivity contribution is -0.118. The molecule has 110 valence electrons. The van der Waals surface area contributed by atoms with Crippen molar-refractivity contribution in [2.24, 2.45) is 5.92 Å². The van der Waals surface area contributed by atoms with Crippen LogP contribution in [-0.2, 0) is 4.79 Å². The van der Waals surface area contributed by atoms with Crippen LogP contribution in [0.1, 0.15) is 43.2 Å². The molecule has 1 amide bonds. The van der Waals surface area contributed by atoms with Crippen LogP contribution in [0.4, 0.5) is 0 Å². The summed E-state index contributed by atoms with van der Waals surface area (Å²) in [5.74, 6) is 1.40. The van der Waals surface area contributed by atoms with Crippen molar-refractivity contribution in [1.82, 2.24) is 5.32 Å². The minimum absolute atomic E-state index is 0.168. The molecule has 2 nitrogen and oxygen atoms in total. The van der Waals surface area contributed by atoms with Gasteiger partial charge in [0.05, 0.1) is 5.75 Å². The van der Waals surface area contributed by atoms with Crippen LogP contribution in [0.15, 0.2) is 23.1 Å². The second-order valence-electron chi connectivity index (χ2n) is 5.87. The summed E-state index contributed by atoms with van der Waals surface area (Å²) in [6.45, 7) is 5.06. The molecular weight excluding hydrogens is 266 g/mol. The van der Waals surface area contributed by atoms with Crippen molar-refractivity contribution in [3.63, 3.8) is 0 Å². The number of thioether (sulfide) groups is 1. The summed E-state index contributed by atoms with van der Waals surface area (Å²) in [5.41, 5.74) is 2.50. The molecule has 0 heterocycles. The van der Waals surface area contributed by atoms with Crippen LogP contribution >= 0.6 is 11.8 Å². The van der Waals surface area contributed by atoms with E-state index >= 15 is 0 Å². The predicted molar refractivity (Wildman–Crippen MR) is 86.2 cm³/mol. The number of rotatable bonds is 5. The Bertz CT molecular complexity index is 452. The van der Waals surface area contributed by atoms with Gasteiger partial charge in [0.1, 0.15) is 0 Å². The van der Waals surface area contributed by atoms with E-state index in [-0.39, 0.29) is 5.91 Å². The Kier molecular flexibility index (Phi) is 5.96. The van der Waals surface area contributed by atoms with Gasteiger partial charge in [0.15, 0.2) is 0 Å². The molecule has 20 heavy (non-hydrogen) atoms. The number of amides is 1. The molecule has 1 saturated carbocycles. The summed E-state index contributed by atoms with van der Waals surface area (Å²) in [7, 11) is 0. The molecule has 3 heteroatoms. The second kappa shape index (κ2) is 7.72. The van der Waals surface area contributed by atoms with Gasteiger partial charge in [-0.3, -0.25) is 4.79 Å². The van der Waals surface area contributed by atoms with E-state index in [1.807, 2.05) is 0 Å². The molecule has 2 rings (SSSR count). The molecule has 0 aliphatic heterocycles. The maximum absolute atomic E-state index is 11.9. The topological polar surface area (TPSA) is 29.1 Å². The zero-order chi connectivity index (χ0) is 14.4. The maximum Gasteiger partial charge on any atom is 0.230 e. The number of carbonyl (C=O) groups excluding carboxylic acids is 1.